The molecule has 0 aliphatic heterocycles. The van der Waals surface area contributed by atoms with Crippen LogP contribution in [0, 0.1) is 12.3 Å². The van der Waals surface area contributed by atoms with Gasteiger partial charge in [0.15, 0.2) is 5.12 Å². The molecule has 1 N–H and O–H groups in total. The zero-order valence-electron chi connectivity index (χ0n) is 11.2. The Balaban J connectivity index is 4.25. The zero-order chi connectivity index (χ0) is 14.8. The Morgan fingerprint density at radius 3 is 2.63 bits per heavy atom. The van der Waals surface area contributed by atoms with Crippen molar-refractivity contribution in [2.75, 3.05) is 26.7 Å². The number of carbonyl (C=O) groups excluding carboxylic acids is 2. The van der Waals surface area contributed by atoms with Crippen LogP contribution in [0.15, 0.2) is 4.99 Å². The molecular formula is C12H17N3O3S. The Labute approximate surface area is 117 Å². The van der Waals surface area contributed by atoms with Gasteiger partial charge in [-0.1, -0.05) is 5.92 Å². The number of amides is 1. The molecule has 0 bridgehead atoms. The molecule has 1 amide bonds. The third-order valence-corrected chi connectivity index (χ3v) is 2.89. The van der Waals surface area contributed by atoms with E-state index in [-0.39, 0.29) is 30.7 Å². The maximum absolute atomic E-state index is 11.5. The number of terminal acetylenes is 1. The first kappa shape index (κ1) is 17.2. The molecule has 0 unspecified atom stereocenters. The topological polar surface area (TPSA) is 84.6 Å². The van der Waals surface area contributed by atoms with E-state index in [1.807, 2.05) is 0 Å². The molecule has 104 valence electrons. The molecule has 0 spiro atoms. The smallest absolute Gasteiger partial charge is 0.285 e. The molecule has 0 aliphatic carbocycles. The number of carbonyl (C=O) groups is 2. The highest BCUT2D eigenvalue weighted by atomic mass is 32.2. The summed E-state index contributed by atoms with van der Waals surface area (Å²) in [6, 6.07) is 0. The molecule has 7 heteroatoms. The van der Waals surface area contributed by atoms with Crippen molar-refractivity contribution in [2.45, 2.75) is 13.8 Å². The Hall–Kier alpha value is -1.81. The van der Waals surface area contributed by atoms with E-state index < -0.39 is 5.90 Å². The van der Waals surface area contributed by atoms with Gasteiger partial charge in [0.1, 0.15) is 7.05 Å². The first-order chi connectivity index (χ1) is 8.86. The van der Waals surface area contributed by atoms with Crippen LogP contribution in [0.2, 0.25) is 0 Å². The van der Waals surface area contributed by atoms with Crippen molar-refractivity contribution in [3.05, 3.63) is 0 Å². The molecule has 0 rings (SSSR count). The van der Waals surface area contributed by atoms with Crippen molar-refractivity contribution in [2.24, 2.45) is 4.99 Å². The molecule has 0 aromatic rings. The molecular weight excluding hydrogens is 266 g/mol. The summed E-state index contributed by atoms with van der Waals surface area (Å²) in [5, 5.41) is 14.2. The van der Waals surface area contributed by atoms with Crippen molar-refractivity contribution < 1.29 is 19.3 Å². The fourth-order valence-corrected chi connectivity index (χ4v) is 1.67. The maximum Gasteiger partial charge on any atom is 0.285 e. The van der Waals surface area contributed by atoms with Crippen LogP contribution in [-0.4, -0.2) is 53.2 Å². The summed E-state index contributed by atoms with van der Waals surface area (Å²) in [5.74, 6) is 1.42. The number of likely N-dealkylation sites (N-methyl/N-ethyl adjacent to an activating group) is 1. The third kappa shape index (κ3) is 8.85. The average molecular weight is 283 g/mol. The van der Waals surface area contributed by atoms with Gasteiger partial charge >= 0.3 is 0 Å². The summed E-state index contributed by atoms with van der Waals surface area (Å²) >= 11 is 1.06. The molecule has 0 aromatic heterocycles. The van der Waals surface area contributed by atoms with Gasteiger partial charge in [0.2, 0.25) is 11.6 Å². The quantitative estimate of drug-likeness (QED) is 0.298. The SMILES string of the molecule is C#CCN=C([O-])CNC(=O)C[N+](C)=C(C)SC(C)=O. The fourth-order valence-electron chi connectivity index (χ4n) is 1.03. The zero-order valence-corrected chi connectivity index (χ0v) is 12.0. The van der Waals surface area contributed by atoms with Crippen LogP contribution in [0.1, 0.15) is 13.8 Å². The Bertz CT molecular complexity index is 450. The summed E-state index contributed by atoms with van der Waals surface area (Å²) in [4.78, 5) is 25.9. The predicted octanol–water partition coefficient (Wildman–Crippen LogP) is -1.16. The van der Waals surface area contributed by atoms with Gasteiger partial charge in [-0.15, -0.1) is 6.42 Å². The normalized spacial score (nSPS) is 12.4. The lowest BCUT2D eigenvalue weighted by Gasteiger charge is -2.10. The maximum atomic E-state index is 11.5. The fraction of sp³-hybridized carbons (Fsp3) is 0.500. The van der Waals surface area contributed by atoms with Gasteiger partial charge in [-0.25, -0.2) is 4.58 Å². The van der Waals surface area contributed by atoms with Crippen LogP contribution >= 0.6 is 11.8 Å². The lowest BCUT2D eigenvalue weighted by atomic mass is 10.5. The molecule has 0 saturated carbocycles. The van der Waals surface area contributed by atoms with Crippen molar-refractivity contribution in [1.82, 2.24) is 5.32 Å². The number of hydrogen-bond acceptors (Lipinski definition) is 5. The minimum Gasteiger partial charge on any atom is -0.861 e. The van der Waals surface area contributed by atoms with Gasteiger partial charge in [0.25, 0.3) is 5.91 Å². The van der Waals surface area contributed by atoms with Crippen LogP contribution in [0.3, 0.4) is 0 Å². The highest BCUT2D eigenvalue weighted by Gasteiger charge is 2.12. The van der Waals surface area contributed by atoms with E-state index in [0.29, 0.717) is 5.04 Å². The van der Waals surface area contributed by atoms with Gasteiger partial charge in [-0.2, -0.15) is 0 Å². The van der Waals surface area contributed by atoms with E-state index in [1.54, 1.807) is 18.5 Å². The minimum absolute atomic E-state index is 0.0107. The molecule has 0 radical (unpaired) electrons. The number of nitrogens with zero attached hydrogens (tertiary/aromatic N) is 2. The van der Waals surface area contributed by atoms with Crippen molar-refractivity contribution in [3.8, 4) is 12.3 Å². The minimum atomic E-state index is -0.465. The van der Waals surface area contributed by atoms with Gasteiger partial charge < -0.3 is 10.4 Å². The largest absolute Gasteiger partial charge is 0.861 e. The summed E-state index contributed by atoms with van der Waals surface area (Å²) in [7, 11) is 1.69. The van der Waals surface area contributed by atoms with Crippen molar-refractivity contribution in [1.29, 1.82) is 0 Å². The van der Waals surface area contributed by atoms with Crippen molar-refractivity contribution in [3.63, 3.8) is 0 Å². The summed E-state index contributed by atoms with van der Waals surface area (Å²) < 4.78 is 1.63. The number of rotatable bonds is 5. The van der Waals surface area contributed by atoms with Crippen molar-refractivity contribution >= 4 is 33.7 Å². The van der Waals surface area contributed by atoms with E-state index in [1.165, 1.54) is 6.92 Å². The predicted molar refractivity (Wildman–Crippen MR) is 74.1 cm³/mol. The highest BCUT2D eigenvalue weighted by Crippen LogP contribution is 2.03. The monoisotopic (exact) mass is 283 g/mol. The van der Waals surface area contributed by atoms with Crippen LogP contribution in [0.5, 0.6) is 0 Å². The molecule has 0 aromatic carbocycles. The molecule has 0 atom stereocenters. The van der Waals surface area contributed by atoms with E-state index in [9.17, 15) is 14.7 Å². The van der Waals surface area contributed by atoms with E-state index in [4.69, 9.17) is 6.42 Å². The van der Waals surface area contributed by atoms with Gasteiger partial charge in [0, 0.05) is 32.2 Å². The highest BCUT2D eigenvalue weighted by molar-refractivity contribution is 8.26. The second-order valence-corrected chi connectivity index (χ2v) is 5.03. The van der Waals surface area contributed by atoms with Gasteiger partial charge in [-0.3, -0.25) is 14.6 Å². The number of hydrogen-bond donors (Lipinski definition) is 1. The van der Waals surface area contributed by atoms with E-state index in [2.05, 4.69) is 16.2 Å². The van der Waals surface area contributed by atoms with E-state index >= 15 is 0 Å². The second kappa shape index (κ2) is 9.16. The van der Waals surface area contributed by atoms with Gasteiger partial charge in [-0.05, 0) is 5.90 Å². The molecule has 6 nitrogen and oxygen atoms in total. The molecule has 0 heterocycles. The van der Waals surface area contributed by atoms with E-state index in [0.717, 1.165) is 11.8 Å². The van der Waals surface area contributed by atoms with Crippen LogP contribution < -0.4 is 10.4 Å². The first-order valence-corrected chi connectivity index (χ1v) is 6.32. The van der Waals surface area contributed by atoms with Crippen LogP contribution in [0.4, 0.5) is 0 Å². The number of nitrogens with one attached hydrogen (secondary N) is 1. The standard InChI is InChI=1S/C12H17N3O3S/c1-5-6-13-11(17)7-14-12(18)8-15(4)9(2)19-10(3)16/h1H,6-8H2,2-4H3,(H-,13,14,17,18). The summed E-state index contributed by atoms with van der Waals surface area (Å²) in [6.45, 7) is 3.10. The second-order valence-electron chi connectivity index (χ2n) is 3.66. The Morgan fingerprint density at radius 1 is 1.47 bits per heavy atom. The lowest BCUT2D eigenvalue weighted by Crippen LogP contribution is -2.39. The Kier molecular flexibility index (Phi) is 8.29. The average Bonchev–Trinajstić information content (AvgIpc) is 2.32. The number of thioether (sulfide) groups is 1. The summed E-state index contributed by atoms with van der Waals surface area (Å²) in [6.07, 6.45) is 4.95. The molecule has 0 aliphatic rings. The molecule has 0 fully saturated rings. The summed E-state index contributed by atoms with van der Waals surface area (Å²) in [5.41, 5.74) is 0. The van der Waals surface area contributed by atoms with Crippen LogP contribution in [0.25, 0.3) is 0 Å². The first-order valence-electron chi connectivity index (χ1n) is 5.50. The number of aliphatic imine (C=N–C) groups is 1. The Morgan fingerprint density at radius 2 is 2.11 bits per heavy atom. The molecule has 19 heavy (non-hydrogen) atoms. The van der Waals surface area contributed by atoms with Crippen LogP contribution in [-0.2, 0) is 9.59 Å². The van der Waals surface area contributed by atoms with Gasteiger partial charge in [0.05, 0.1) is 6.54 Å². The molecule has 0 saturated heterocycles. The third-order valence-electron chi connectivity index (χ3n) is 1.99. The lowest BCUT2D eigenvalue weighted by molar-refractivity contribution is -0.482.